The van der Waals surface area contributed by atoms with Crippen molar-refractivity contribution in [3.63, 3.8) is 0 Å². The summed E-state index contributed by atoms with van der Waals surface area (Å²) >= 11 is 6.24. The number of aliphatic hydroxyl groups excluding tert-OH is 1. The Morgan fingerprint density at radius 1 is 0.505 bits per heavy atom. The Morgan fingerprint density at radius 3 is 1.66 bits per heavy atom. The molecule has 7 atom stereocenters. The number of carbonyl (C=O) groups is 9. The number of aromatic nitrogens is 2. The van der Waals surface area contributed by atoms with Gasteiger partial charge in [-0.05, 0) is 126 Å². The number of likely N-dealkylation sites (N-methyl/N-ethyl adjacent to an activating group) is 1. The fourth-order valence-electron chi connectivity index (χ4n) is 10.7. The summed E-state index contributed by atoms with van der Waals surface area (Å²) in [6.45, 7) is 9.67. The van der Waals surface area contributed by atoms with Crippen molar-refractivity contribution >= 4 is 75.5 Å². The highest BCUT2D eigenvalue weighted by Crippen LogP contribution is 2.20. The van der Waals surface area contributed by atoms with Crippen molar-refractivity contribution in [2.75, 3.05) is 33.3 Å². The van der Waals surface area contributed by atoms with E-state index in [0.717, 1.165) is 40.6 Å². The van der Waals surface area contributed by atoms with Gasteiger partial charge < -0.3 is 63.0 Å². The molecule has 11 N–H and O–H groups in total. The molecule has 24 heteroatoms. The summed E-state index contributed by atoms with van der Waals surface area (Å²) in [5.74, 6) is -6.29. The predicted octanol–water partition coefficient (Wildman–Crippen LogP) is 4.94. The Kier molecular flexibility index (Phi) is 30.5. The van der Waals surface area contributed by atoms with Gasteiger partial charge in [-0.2, -0.15) is 0 Å². The number of carbonyl (C=O) groups excluding carboxylic acids is 9. The van der Waals surface area contributed by atoms with E-state index in [1.54, 1.807) is 66.9 Å². The van der Waals surface area contributed by atoms with E-state index in [9.17, 15) is 48.6 Å². The fraction of sp³-hybridized carbons (Fsp3) is 0.423. The van der Waals surface area contributed by atoms with Crippen LogP contribution >= 0.6 is 11.6 Å². The van der Waals surface area contributed by atoms with Gasteiger partial charge in [0.15, 0.2) is 0 Å². The van der Waals surface area contributed by atoms with Crippen molar-refractivity contribution in [2.45, 2.75) is 154 Å². The highest BCUT2D eigenvalue weighted by Gasteiger charge is 2.37. The summed E-state index contributed by atoms with van der Waals surface area (Å²) < 4.78 is 0. The predicted molar refractivity (Wildman–Crippen MR) is 363 cm³/mol. The lowest BCUT2D eigenvalue weighted by Crippen LogP contribution is -2.61. The number of hydrogen-bond donors (Lipinski definition) is 11. The van der Waals surface area contributed by atoms with Crippen LogP contribution in [-0.4, -0.2) is 160 Å². The first-order valence-electron chi connectivity index (χ1n) is 32.3. The van der Waals surface area contributed by atoms with Crippen LogP contribution in [0, 0.1) is 5.92 Å². The van der Waals surface area contributed by atoms with Gasteiger partial charge >= 0.3 is 0 Å². The summed E-state index contributed by atoms with van der Waals surface area (Å²) in [4.78, 5) is 137. The minimum absolute atomic E-state index is 0.0230. The summed E-state index contributed by atoms with van der Waals surface area (Å²) in [7, 11) is 1.29. The van der Waals surface area contributed by atoms with Crippen LogP contribution in [0.1, 0.15) is 112 Å². The average Bonchev–Trinajstić information content (AvgIpc) is 0.894. The van der Waals surface area contributed by atoms with Gasteiger partial charge in [0.05, 0.1) is 12.2 Å². The average molecular weight is 1320 g/mol. The topological polar surface area (TPSA) is 331 Å². The smallest absolute Gasteiger partial charge is 0.252 e. The fourth-order valence-corrected chi connectivity index (χ4v) is 10.8. The molecule has 9 amide bonds. The molecule has 23 nitrogen and oxygen atoms in total. The number of aliphatic hydroxyl groups is 1. The van der Waals surface area contributed by atoms with Gasteiger partial charge in [-0.15, -0.1) is 0 Å². The van der Waals surface area contributed by atoms with Crippen molar-refractivity contribution < 1.29 is 53.4 Å². The van der Waals surface area contributed by atoms with Gasteiger partial charge in [0.1, 0.15) is 48.0 Å². The molecule has 0 saturated carbocycles. The second-order valence-corrected chi connectivity index (χ2v) is 24.9. The van der Waals surface area contributed by atoms with Crippen molar-refractivity contribution in [2.24, 2.45) is 5.92 Å². The minimum atomic E-state index is -1.75. The number of benzene rings is 4. The van der Waals surface area contributed by atoms with Crippen LogP contribution in [0.4, 0.5) is 0 Å². The Morgan fingerprint density at radius 2 is 1.04 bits per heavy atom. The third-order valence-corrected chi connectivity index (χ3v) is 16.1. The van der Waals surface area contributed by atoms with Crippen LogP contribution in [0.2, 0.25) is 5.02 Å². The van der Waals surface area contributed by atoms with Crippen LogP contribution in [-0.2, 0) is 64.0 Å². The molecule has 0 radical (unpaired) electrons. The monoisotopic (exact) mass is 1320 g/mol. The zero-order valence-corrected chi connectivity index (χ0v) is 55.6. The molecule has 0 bridgehead atoms. The molecule has 2 heterocycles. The van der Waals surface area contributed by atoms with Crippen LogP contribution in [0.3, 0.4) is 0 Å². The molecule has 4 aromatic carbocycles. The van der Waals surface area contributed by atoms with Gasteiger partial charge in [0.2, 0.25) is 47.3 Å². The molecule has 0 aliphatic rings. The van der Waals surface area contributed by atoms with Crippen LogP contribution < -0.4 is 47.9 Å². The highest BCUT2D eigenvalue weighted by molar-refractivity contribution is 6.30. The van der Waals surface area contributed by atoms with Gasteiger partial charge in [-0.25, -0.2) is 0 Å². The number of pyridine rings is 2. The maximum absolute atomic E-state index is 15.0. The van der Waals surface area contributed by atoms with E-state index in [1.807, 2.05) is 56.3 Å². The third kappa shape index (κ3) is 25.5. The number of fused-ring (bicyclic) bond motifs is 1. The number of amides is 9. The number of hydrogen-bond acceptors (Lipinski definition) is 14. The minimum Gasteiger partial charge on any atom is -0.508 e. The summed E-state index contributed by atoms with van der Waals surface area (Å²) in [5, 5.41) is 49.3. The molecule has 0 aliphatic heterocycles. The molecular weight excluding hydrogens is 1230 g/mol. The molecular formula is C71H91ClN12O11. The largest absolute Gasteiger partial charge is 0.508 e. The van der Waals surface area contributed by atoms with Crippen LogP contribution in [0.5, 0.6) is 5.75 Å². The van der Waals surface area contributed by atoms with E-state index < -0.39 is 96.2 Å². The first-order valence-corrected chi connectivity index (χ1v) is 32.7. The zero-order valence-electron chi connectivity index (χ0n) is 54.9. The first-order chi connectivity index (χ1) is 45.6. The van der Waals surface area contributed by atoms with Crippen LogP contribution in [0.25, 0.3) is 10.8 Å². The molecule has 0 fully saturated rings. The van der Waals surface area contributed by atoms with E-state index in [-0.39, 0.29) is 62.6 Å². The Hall–Kier alpha value is -9.32. The highest BCUT2D eigenvalue weighted by atomic mass is 35.5. The zero-order chi connectivity index (χ0) is 68.8. The molecule has 508 valence electrons. The number of phenols is 1. The lowest BCUT2D eigenvalue weighted by atomic mass is 9.99. The van der Waals surface area contributed by atoms with Gasteiger partial charge in [0, 0.05) is 88.6 Å². The van der Waals surface area contributed by atoms with E-state index in [1.165, 1.54) is 44.7 Å². The number of nitrogens with one attached hydrogen (secondary N) is 9. The van der Waals surface area contributed by atoms with Gasteiger partial charge in [0.25, 0.3) is 5.91 Å². The second kappa shape index (κ2) is 38.8. The Bertz CT molecular complexity index is 3470. The van der Waals surface area contributed by atoms with E-state index in [4.69, 9.17) is 11.6 Å². The number of aromatic hydroxyl groups is 1. The normalized spacial score (nSPS) is 13.4. The summed E-state index contributed by atoms with van der Waals surface area (Å²) in [6, 6.07) is 23.2. The van der Waals surface area contributed by atoms with Crippen molar-refractivity contribution in [1.29, 1.82) is 0 Å². The molecule has 0 saturated heterocycles. The van der Waals surface area contributed by atoms with E-state index in [0.29, 0.717) is 59.1 Å². The Balaban J connectivity index is 1.25. The molecule has 0 unspecified atom stereocenters. The lowest BCUT2D eigenvalue weighted by molar-refractivity contribution is -0.144. The maximum atomic E-state index is 15.0. The second-order valence-electron chi connectivity index (χ2n) is 24.4. The van der Waals surface area contributed by atoms with E-state index in [2.05, 4.69) is 71.7 Å². The molecule has 0 spiro atoms. The number of phenolic OH excluding ortho intramolecular Hbond substituents is 1. The van der Waals surface area contributed by atoms with Crippen LogP contribution in [0.15, 0.2) is 140 Å². The molecule has 6 rings (SSSR count). The quantitative estimate of drug-likeness (QED) is 0.0229. The SMILES string of the molecule is CC(=O)N[C@H](Cc1ccc2ccccc2c1)C(=O)N[C@H](Cc1ccc(Cl)cc1)C(=O)N[C@H](Cc1cccnc1)C(=O)N[C@@H](CO)C(=O)N(C)[C@@H](Cc1ccc(O)cc1)C(=O)N[C@H](CCCCNC(=O)c1cccnc1)C(=O)N[C@@H](CC(C)C)C(=O)NCCCCCNC(C)C. The molecule has 2 aromatic heterocycles. The molecule has 95 heavy (non-hydrogen) atoms. The van der Waals surface area contributed by atoms with Crippen molar-refractivity contribution in [3.8, 4) is 5.75 Å². The molecule has 6 aromatic rings. The standard InChI is InChI=1S/C71H91ClN12O11/c1-45(2)36-58(65(89)77-34-12-7-11-33-75-46(3)4)80-66(90)57(20-10-13-35-76-64(88)54-19-15-32-74-43-54)79-70(94)63(41-49-24-29-56(87)30-25-49)84(6)71(95)62(44-85)83-69(93)61(40-51-16-14-31-73-42-51)82-68(92)60(38-48-22-27-55(72)28-23-48)81-67(91)59(78-47(5)86)39-50-21-26-52-17-8-9-18-53(52)37-50/h8-9,14-19,21-32,37,42-43,45-46,57-63,75,85,87H,7,10-13,20,33-36,38-41,44H2,1-6H3,(H,76,88)(H,77,89)(H,78,86)(H,79,94)(H,80,90)(H,81,91)(H,82,92)(H,83,93)/t57-,58+,59-,60-,61-,62+,63+/m1/s1. The van der Waals surface area contributed by atoms with E-state index >= 15 is 4.79 Å². The van der Waals surface area contributed by atoms with Crippen molar-refractivity contribution in [3.05, 3.63) is 173 Å². The molecule has 0 aliphatic carbocycles. The number of nitrogens with zero attached hydrogens (tertiary/aromatic N) is 3. The number of halogens is 1. The third-order valence-electron chi connectivity index (χ3n) is 15.8. The number of rotatable bonds is 38. The lowest BCUT2D eigenvalue weighted by Gasteiger charge is -2.32. The summed E-state index contributed by atoms with van der Waals surface area (Å²) in [6.07, 6.45) is 8.98. The van der Waals surface area contributed by atoms with Gasteiger partial charge in [-0.1, -0.05) is 119 Å². The Labute approximate surface area is 560 Å². The van der Waals surface area contributed by atoms with Gasteiger partial charge in [-0.3, -0.25) is 53.1 Å². The number of unbranched alkanes of at least 4 members (excludes halogenated alkanes) is 3. The summed E-state index contributed by atoms with van der Waals surface area (Å²) in [5.41, 5.74) is 2.61. The van der Waals surface area contributed by atoms with Crippen molar-refractivity contribution in [1.82, 2.24) is 62.7 Å². The first kappa shape index (κ1) is 74.7. The maximum Gasteiger partial charge on any atom is 0.252 e.